The first kappa shape index (κ1) is 15.2. The second-order valence-electron chi connectivity index (χ2n) is 4.35. The van der Waals surface area contributed by atoms with Crippen LogP contribution in [0.3, 0.4) is 0 Å². The number of aliphatic hydroxyl groups is 1. The predicted octanol–water partition coefficient (Wildman–Crippen LogP) is 3.34. The molecule has 0 fully saturated rings. The summed E-state index contributed by atoms with van der Waals surface area (Å²) in [7, 11) is 0. The molecule has 7 heteroatoms. The van der Waals surface area contributed by atoms with Gasteiger partial charge in [-0.25, -0.2) is 4.39 Å². The summed E-state index contributed by atoms with van der Waals surface area (Å²) < 4.78 is 51.4. The van der Waals surface area contributed by atoms with Gasteiger partial charge in [0.05, 0.1) is 24.1 Å². The van der Waals surface area contributed by atoms with Crippen LogP contribution in [0.1, 0.15) is 16.7 Å². The Kier molecular flexibility index (Phi) is 4.42. The molecule has 2 rings (SSSR count). The number of rotatable bonds is 4. The Morgan fingerprint density at radius 3 is 2.57 bits per heavy atom. The van der Waals surface area contributed by atoms with Crippen LogP contribution in [0, 0.1) is 5.82 Å². The van der Waals surface area contributed by atoms with Crippen molar-refractivity contribution in [2.24, 2.45) is 0 Å². The molecule has 21 heavy (non-hydrogen) atoms. The predicted molar refractivity (Wildman–Crippen MR) is 68.9 cm³/mol. The molecule has 1 aromatic heterocycles. The first-order valence-corrected chi connectivity index (χ1v) is 6.05. The lowest BCUT2D eigenvalue weighted by Gasteiger charge is -2.12. The number of anilines is 1. The quantitative estimate of drug-likeness (QED) is 0.851. The summed E-state index contributed by atoms with van der Waals surface area (Å²) in [6, 6.07) is 3.81. The van der Waals surface area contributed by atoms with Gasteiger partial charge in [-0.05, 0) is 24.3 Å². The second-order valence-corrected chi connectivity index (χ2v) is 4.35. The van der Waals surface area contributed by atoms with Gasteiger partial charge in [0, 0.05) is 23.9 Å². The first-order valence-electron chi connectivity index (χ1n) is 6.05. The fourth-order valence-corrected chi connectivity index (χ4v) is 1.80. The fourth-order valence-electron chi connectivity index (χ4n) is 1.80. The van der Waals surface area contributed by atoms with Crippen molar-refractivity contribution in [1.82, 2.24) is 4.98 Å². The van der Waals surface area contributed by atoms with Crippen LogP contribution in [0.5, 0.6) is 0 Å². The Morgan fingerprint density at radius 1 is 1.14 bits per heavy atom. The molecule has 0 radical (unpaired) electrons. The zero-order valence-electron chi connectivity index (χ0n) is 10.8. The average molecular weight is 300 g/mol. The van der Waals surface area contributed by atoms with E-state index in [0.717, 1.165) is 12.1 Å². The van der Waals surface area contributed by atoms with Gasteiger partial charge in [0.1, 0.15) is 5.82 Å². The van der Waals surface area contributed by atoms with E-state index < -0.39 is 17.6 Å². The highest BCUT2D eigenvalue weighted by Crippen LogP contribution is 2.30. The van der Waals surface area contributed by atoms with Crippen molar-refractivity contribution < 1.29 is 22.7 Å². The minimum atomic E-state index is -4.52. The molecule has 2 N–H and O–H groups in total. The summed E-state index contributed by atoms with van der Waals surface area (Å²) in [4.78, 5) is 3.84. The van der Waals surface area contributed by atoms with Crippen LogP contribution in [0.4, 0.5) is 23.2 Å². The lowest BCUT2D eigenvalue weighted by atomic mass is 10.1. The molecule has 0 amide bonds. The van der Waals surface area contributed by atoms with E-state index in [9.17, 15) is 17.6 Å². The number of benzene rings is 1. The van der Waals surface area contributed by atoms with Crippen LogP contribution in [0.25, 0.3) is 0 Å². The van der Waals surface area contributed by atoms with Crippen LogP contribution in [0.15, 0.2) is 36.7 Å². The molecule has 0 spiro atoms. The van der Waals surface area contributed by atoms with Gasteiger partial charge in [-0.15, -0.1) is 0 Å². The Balaban J connectivity index is 2.20. The molecule has 0 saturated carbocycles. The van der Waals surface area contributed by atoms with Gasteiger partial charge >= 0.3 is 6.18 Å². The Bertz CT molecular complexity index is 629. The number of halogens is 4. The van der Waals surface area contributed by atoms with Crippen LogP contribution >= 0.6 is 0 Å². The van der Waals surface area contributed by atoms with E-state index in [1.54, 1.807) is 6.07 Å². The third-order valence-electron chi connectivity index (χ3n) is 2.92. The molecule has 0 bridgehead atoms. The maximum Gasteiger partial charge on any atom is 0.416 e. The molecular weight excluding hydrogens is 288 g/mol. The maximum atomic E-state index is 13.6. The van der Waals surface area contributed by atoms with Crippen molar-refractivity contribution in [2.75, 3.05) is 5.32 Å². The molecule has 0 aliphatic rings. The molecule has 112 valence electrons. The number of aromatic nitrogens is 1. The summed E-state index contributed by atoms with van der Waals surface area (Å²) in [6.45, 7) is -0.398. The van der Waals surface area contributed by atoms with Crippen LogP contribution in [0.2, 0.25) is 0 Å². The topological polar surface area (TPSA) is 45.2 Å². The molecule has 0 atom stereocenters. The van der Waals surface area contributed by atoms with Crippen molar-refractivity contribution in [3.63, 3.8) is 0 Å². The first-order chi connectivity index (χ1) is 9.91. The molecule has 0 saturated heterocycles. The molecule has 1 heterocycles. The Morgan fingerprint density at radius 2 is 1.90 bits per heavy atom. The SMILES string of the molecule is OCc1ccncc1NCc1cc(C(F)(F)F)ccc1F. The molecule has 2 aromatic rings. The molecule has 0 unspecified atom stereocenters. The van der Waals surface area contributed by atoms with Gasteiger partial charge in [-0.1, -0.05) is 0 Å². The summed E-state index contributed by atoms with van der Waals surface area (Å²) in [5.74, 6) is -0.732. The van der Waals surface area contributed by atoms with Gasteiger partial charge < -0.3 is 10.4 Å². The van der Waals surface area contributed by atoms with E-state index in [2.05, 4.69) is 10.3 Å². The van der Waals surface area contributed by atoms with E-state index >= 15 is 0 Å². The van der Waals surface area contributed by atoms with E-state index in [1.807, 2.05) is 0 Å². The van der Waals surface area contributed by atoms with Gasteiger partial charge in [0.15, 0.2) is 0 Å². The number of nitrogens with zero attached hydrogens (tertiary/aromatic N) is 1. The number of hydrogen-bond acceptors (Lipinski definition) is 3. The van der Waals surface area contributed by atoms with E-state index in [4.69, 9.17) is 5.11 Å². The number of aliphatic hydroxyl groups excluding tert-OH is 1. The van der Waals surface area contributed by atoms with Crippen molar-refractivity contribution in [3.05, 3.63) is 59.2 Å². The monoisotopic (exact) mass is 300 g/mol. The molecule has 0 aliphatic carbocycles. The number of alkyl halides is 3. The molecule has 0 aliphatic heterocycles. The van der Waals surface area contributed by atoms with Crippen molar-refractivity contribution in [2.45, 2.75) is 19.3 Å². The van der Waals surface area contributed by atoms with E-state index in [1.165, 1.54) is 12.4 Å². The minimum Gasteiger partial charge on any atom is -0.392 e. The highest BCUT2D eigenvalue weighted by atomic mass is 19.4. The van der Waals surface area contributed by atoms with Crippen molar-refractivity contribution in [1.29, 1.82) is 0 Å². The third-order valence-corrected chi connectivity index (χ3v) is 2.92. The Hall–Kier alpha value is -2.15. The zero-order valence-corrected chi connectivity index (χ0v) is 10.8. The van der Waals surface area contributed by atoms with Gasteiger partial charge in [-0.3, -0.25) is 4.98 Å². The number of nitrogens with one attached hydrogen (secondary N) is 1. The smallest absolute Gasteiger partial charge is 0.392 e. The molecular formula is C14H12F4N2O. The number of pyridine rings is 1. The van der Waals surface area contributed by atoms with Crippen molar-refractivity contribution >= 4 is 5.69 Å². The highest BCUT2D eigenvalue weighted by Gasteiger charge is 2.31. The van der Waals surface area contributed by atoms with Gasteiger partial charge in [0.25, 0.3) is 0 Å². The number of hydrogen-bond donors (Lipinski definition) is 2. The largest absolute Gasteiger partial charge is 0.416 e. The van der Waals surface area contributed by atoms with E-state index in [0.29, 0.717) is 17.3 Å². The summed E-state index contributed by atoms with van der Waals surface area (Å²) >= 11 is 0. The van der Waals surface area contributed by atoms with Crippen LogP contribution in [-0.2, 0) is 19.3 Å². The molecule has 1 aromatic carbocycles. The average Bonchev–Trinajstić information content (AvgIpc) is 2.45. The van der Waals surface area contributed by atoms with Crippen LogP contribution in [-0.4, -0.2) is 10.1 Å². The fraction of sp³-hybridized carbons (Fsp3) is 0.214. The summed E-state index contributed by atoms with van der Waals surface area (Å²) in [6.07, 6.45) is -1.63. The third kappa shape index (κ3) is 3.69. The van der Waals surface area contributed by atoms with Crippen molar-refractivity contribution in [3.8, 4) is 0 Å². The second kappa shape index (κ2) is 6.09. The highest BCUT2D eigenvalue weighted by molar-refractivity contribution is 5.49. The van der Waals surface area contributed by atoms with Crippen LogP contribution < -0.4 is 5.32 Å². The molecule has 3 nitrogen and oxygen atoms in total. The van der Waals surface area contributed by atoms with E-state index in [-0.39, 0.29) is 18.7 Å². The summed E-state index contributed by atoms with van der Waals surface area (Å²) in [5.41, 5.74) is -0.0546. The normalized spacial score (nSPS) is 11.5. The maximum absolute atomic E-state index is 13.6. The Labute approximate surface area is 118 Å². The standard InChI is InChI=1S/C14H12F4N2O/c15-12-2-1-11(14(16,17)18)5-10(12)6-20-13-7-19-4-3-9(13)8-21/h1-5,7,20-21H,6,8H2. The summed E-state index contributed by atoms with van der Waals surface area (Å²) in [5, 5.41) is 11.9. The zero-order chi connectivity index (χ0) is 15.5. The minimum absolute atomic E-state index is 0.113. The van der Waals surface area contributed by atoms with Gasteiger partial charge in [-0.2, -0.15) is 13.2 Å². The lowest BCUT2D eigenvalue weighted by Crippen LogP contribution is -2.09. The van der Waals surface area contributed by atoms with Gasteiger partial charge in [0.2, 0.25) is 0 Å². The lowest BCUT2D eigenvalue weighted by molar-refractivity contribution is -0.137.